The predicted molar refractivity (Wildman–Crippen MR) is 83.1 cm³/mol. The van der Waals surface area contributed by atoms with Crippen LogP contribution in [0.4, 0.5) is 19.0 Å². The summed E-state index contributed by atoms with van der Waals surface area (Å²) in [7, 11) is 3.66. The van der Waals surface area contributed by atoms with E-state index < -0.39 is 11.7 Å². The molecule has 2 aromatic rings. The largest absolute Gasteiger partial charge is 0.416 e. The molecule has 0 aliphatic heterocycles. The third kappa shape index (κ3) is 4.66. The van der Waals surface area contributed by atoms with Crippen molar-refractivity contribution in [3.63, 3.8) is 0 Å². The van der Waals surface area contributed by atoms with E-state index in [2.05, 4.69) is 15.3 Å². The summed E-state index contributed by atoms with van der Waals surface area (Å²) in [6.07, 6.45) is -2.89. The van der Waals surface area contributed by atoms with E-state index in [1.807, 2.05) is 25.9 Å². The van der Waals surface area contributed by atoms with Crippen molar-refractivity contribution in [2.45, 2.75) is 19.1 Å². The highest BCUT2D eigenvalue weighted by molar-refractivity contribution is 5.36. The summed E-state index contributed by atoms with van der Waals surface area (Å²) < 4.78 is 38.6. The molecule has 0 aliphatic carbocycles. The quantitative estimate of drug-likeness (QED) is 0.914. The zero-order chi connectivity index (χ0) is 17.0. The summed E-state index contributed by atoms with van der Waals surface area (Å²) in [4.78, 5) is 9.98. The molecule has 0 amide bonds. The lowest BCUT2D eigenvalue weighted by Gasteiger charge is -2.26. The molecule has 23 heavy (non-hydrogen) atoms. The molecule has 4 nitrogen and oxygen atoms in total. The highest BCUT2D eigenvalue weighted by Crippen LogP contribution is 2.31. The topological polar surface area (TPSA) is 41.0 Å². The van der Waals surface area contributed by atoms with E-state index in [0.29, 0.717) is 17.9 Å². The van der Waals surface area contributed by atoms with E-state index in [1.54, 1.807) is 12.1 Å². The lowest BCUT2D eigenvalue weighted by Crippen LogP contribution is -2.27. The zero-order valence-corrected chi connectivity index (χ0v) is 13.2. The van der Waals surface area contributed by atoms with Crippen LogP contribution in [0.15, 0.2) is 36.7 Å². The predicted octanol–water partition coefficient (Wildman–Crippen LogP) is 3.52. The van der Waals surface area contributed by atoms with E-state index in [-0.39, 0.29) is 6.04 Å². The number of hydrogen-bond donors (Lipinski definition) is 1. The molecular formula is C16H19F3N4. The van der Waals surface area contributed by atoms with Crippen molar-refractivity contribution >= 4 is 5.82 Å². The van der Waals surface area contributed by atoms with Gasteiger partial charge in [0.25, 0.3) is 0 Å². The first-order chi connectivity index (χ1) is 10.8. The SMILES string of the molecule is Cc1cc(NCC(c2cccc(C(F)(F)F)c2)N(C)C)ncn1. The van der Waals surface area contributed by atoms with Gasteiger partial charge in [0.1, 0.15) is 12.1 Å². The summed E-state index contributed by atoms with van der Waals surface area (Å²) >= 11 is 0. The molecule has 124 valence electrons. The van der Waals surface area contributed by atoms with Crippen molar-refractivity contribution in [2.75, 3.05) is 26.0 Å². The number of halogens is 3. The van der Waals surface area contributed by atoms with Gasteiger partial charge in [-0.1, -0.05) is 12.1 Å². The second-order valence-electron chi connectivity index (χ2n) is 5.53. The van der Waals surface area contributed by atoms with Crippen LogP contribution in [-0.4, -0.2) is 35.5 Å². The number of benzene rings is 1. The van der Waals surface area contributed by atoms with E-state index in [4.69, 9.17) is 0 Å². The monoisotopic (exact) mass is 324 g/mol. The van der Waals surface area contributed by atoms with Gasteiger partial charge in [-0.2, -0.15) is 13.2 Å². The third-order valence-electron chi connectivity index (χ3n) is 3.50. The molecule has 1 heterocycles. The fraction of sp³-hybridized carbons (Fsp3) is 0.375. The van der Waals surface area contributed by atoms with Crippen LogP contribution in [0.25, 0.3) is 0 Å². The number of anilines is 1. The van der Waals surface area contributed by atoms with Crippen LogP contribution in [0.2, 0.25) is 0 Å². The normalized spacial score (nSPS) is 13.2. The molecule has 1 atom stereocenters. The number of likely N-dealkylation sites (N-methyl/N-ethyl adjacent to an activating group) is 1. The summed E-state index contributed by atoms with van der Waals surface area (Å²) in [6.45, 7) is 2.29. The minimum Gasteiger partial charge on any atom is -0.368 e. The molecule has 0 aliphatic rings. The second kappa shape index (κ2) is 6.95. The van der Waals surface area contributed by atoms with E-state index in [9.17, 15) is 13.2 Å². The number of aryl methyl sites for hydroxylation is 1. The number of hydrogen-bond acceptors (Lipinski definition) is 4. The van der Waals surface area contributed by atoms with Gasteiger partial charge in [-0.15, -0.1) is 0 Å². The molecule has 0 fully saturated rings. The van der Waals surface area contributed by atoms with E-state index in [1.165, 1.54) is 18.5 Å². The molecule has 2 rings (SSSR count). The Bertz CT molecular complexity index is 656. The van der Waals surface area contributed by atoms with Crippen LogP contribution in [-0.2, 0) is 6.18 Å². The van der Waals surface area contributed by atoms with Crippen molar-refractivity contribution in [3.8, 4) is 0 Å². The molecule has 1 aromatic carbocycles. The molecule has 0 bridgehead atoms. The van der Waals surface area contributed by atoms with E-state index in [0.717, 1.165) is 11.8 Å². The second-order valence-corrected chi connectivity index (χ2v) is 5.53. The number of rotatable bonds is 5. The lowest BCUT2D eigenvalue weighted by atomic mass is 10.0. The van der Waals surface area contributed by atoms with Gasteiger partial charge < -0.3 is 10.2 Å². The van der Waals surface area contributed by atoms with Crippen LogP contribution >= 0.6 is 0 Å². The van der Waals surface area contributed by atoms with Crippen molar-refractivity contribution in [1.29, 1.82) is 0 Å². The van der Waals surface area contributed by atoms with Crippen LogP contribution in [0.1, 0.15) is 22.9 Å². The molecular weight excluding hydrogens is 305 g/mol. The first kappa shape index (κ1) is 17.2. The van der Waals surface area contributed by atoms with Crippen molar-refractivity contribution in [2.24, 2.45) is 0 Å². The Kier molecular flexibility index (Phi) is 5.20. The average molecular weight is 324 g/mol. The number of alkyl halides is 3. The number of nitrogens with zero attached hydrogens (tertiary/aromatic N) is 3. The van der Waals surface area contributed by atoms with Crippen LogP contribution in [0, 0.1) is 6.92 Å². The van der Waals surface area contributed by atoms with Gasteiger partial charge in [0, 0.05) is 18.3 Å². The Balaban J connectivity index is 2.19. The van der Waals surface area contributed by atoms with Gasteiger partial charge in [0.2, 0.25) is 0 Å². The van der Waals surface area contributed by atoms with Gasteiger partial charge in [-0.05, 0) is 38.7 Å². The van der Waals surface area contributed by atoms with Gasteiger partial charge in [0.05, 0.1) is 11.6 Å². The Hall–Kier alpha value is -2.15. The standard InChI is InChI=1S/C16H19F3N4/c1-11-7-15(22-10-21-11)20-9-14(23(2)3)12-5-4-6-13(8-12)16(17,18)19/h4-8,10,14H,9H2,1-3H3,(H,20,21,22). The van der Waals surface area contributed by atoms with Crippen LogP contribution in [0.5, 0.6) is 0 Å². The van der Waals surface area contributed by atoms with Gasteiger partial charge in [-0.25, -0.2) is 9.97 Å². The van der Waals surface area contributed by atoms with E-state index >= 15 is 0 Å². The van der Waals surface area contributed by atoms with Crippen molar-refractivity contribution < 1.29 is 13.2 Å². The first-order valence-electron chi connectivity index (χ1n) is 7.13. The molecule has 7 heteroatoms. The Morgan fingerprint density at radius 1 is 1.17 bits per heavy atom. The maximum Gasteiger partial charge on any atom is 0.416 e. The van der Waals surface area contributed by atoms with Crippen molar-refractivity contribution in [3.05, 3.63) is 53.5 Å². The zero-order valence-electron chi connectivity index (χ0n) is 13.2. The Labute approximate surface area is 133 Å². The molecule has 0 radical (unpaired) electrons. The third-order valence-corrected chi connectivity index (χ3v) is 3.50. The smallest absolute Gasteiger partial charge is 0.368 e. The maximum atomic E-state index is 12.9. The lowest BCUT2D eigenvalue weighted by molar-refractivity contribution is -0.137. The Morgan fingerprint density at radius 2 is 1.91 bits per heavy atom. The summed E-state index contributed by atoms with van der Waals surface area (Å²) in [5, 5.41) is 3.15. The summed E-state index contributed by atoms with van der Waals surface area (Å²) in [5.41, 5.74) is 0.783. The molecule has 0 saturated heterocycles. The van der Waals surface area contributed by atoms with Gasteiger partial charge >= 0.3 is 6.18 Å². The fourth-order valence-electron chi connectivity index (χ4n) is 2.27. The fourth-order valence-corrected chi connectivity index (χ4v) is 2.27. The number of nitrogens with one attached hydrogen (secondary N) is 1. The highest BCUT2D eigenvalue weighted by atomic mass is 19.4. The maximum absolute atomic E-state index is 12.9. The first-order valence-corrected chi connectivity index (χ1v) is 7.13. The number of aromatic nitrogens is 2. The molecule has 0 saturated carbocycles. The summed E-state index contributed by atoms with van der Waals surface area (Å²) in [5.74, 6) is 0.649. The molecule has 1 N–H and O–H groups in total. The van der Waals surface area contributed by atoms with Gasteiger partial charge in [0.15, 0.2) is 0 Å². The minimum absolute atomic E-state index is 0.215. The molecule has 0 spiro atoms. The Morgan fingerprint density at radius 3 is 2.52 bits per heavy atom. The van der Waals surface area contributed by atoms with Crippen LogP contribution < -0.4 is 5.32 Å². The highest BCUT2D eigenvalue weighted by Gasteiger charge is 2.31. The summed E-state index contributed by atoms with van der Waals surface area (Å²) in [6, 6.07) is 6.98. The van der Waals surface area contributed by atoms with Crippen LogP contribution in [0.3, 0.4) is 0 Å². The molecule has 1 unspecified atom stereocenters. The van der Waals surface area contributed by atoms with Crippen molar-refractivity contribution in [1.82, 2.24) is 14.9 Å². The molecule has 1 aromatic heterocycles. The minimum atomic E-state index is -4.34. The van der Waals surface area contributed by atoms with Gasteiger partial charge in [-0.3, -0.25) is 0 Å². The average Bonchev–Trinajstić information content (AvgIpc) is 2.46.